The summed E-state index contributed by atoms with van der Waals surface area (Å²) < 4.78 is 5.92. The number of hydrogen-bond donors (Lipinski definition) is 1. The largest absolute Gasteiger partial charge is 0.375 e. The van der Waals surface area contributed by atoms with Gasteiger partial charge in [0, 0.05) is 17.1 Å². The Morgan fingerprint density at radius 2 is 1.90 bits per heavy atom. The summed E-state index contributed by atoms with van der Waals surface area (Å²) in [7, 11) is 0. The molecule has 106 valence electrons. The quantitative estimate of drug-likeness (QED) is 0.926. The third kappa shape index (κ3) is 3.00. The van der Waals surface area contributed by atoms with Crippen molar-refractivity contribution in [1.29, 1.82) is 0 Å². The van der Waals surface area contributed by atoms with Crippen molar-refractivity contribution in [3.63, 3.8) is 0 Å². The number of ether oxygens (including phenoxy) is 1. The molecule has 1 aliphatic rings. The third-order valence-corrected chi connectivity index (χ3v) is 4.24. The molecule has 1 aliphatic carbocycles. The number of fused-ring (bicyclic) bond motifs is 1. The molecule has 20 heavy (non-hydrogen) atoms. The van der Waals surface area contributed by atoms with Crippen LogP contribution in [0, 0.1) is 0 Å². The van der Waals surface area contributed by atoms with Gasteiger partial charge in [-0.25, -0.2) is 0 Å². The molecular weight excluding hydrogens is 248 g/mol. The monoisotopic (exact) mass is 270 g/mol. The van der Waals surface area contributed by atoms with Gasteiger partial charge in [0.1, 0.15) is 0 Å². The maximum atomic E-state index is 6.40. The predicted octanol–water partition coefficient (Wildman–Crippen LogP) is 3.41. The van der Waals surface area contributed by atoms with E-state index < -0.39 is 0 Å². The smallest absolute Gasteiger partial charge is 0.0724 e. The molecule has 2 N–H and O–H groups in total. The molecule has 1 saturated carbocycles. The standard InChI is InChI=1S/C17H22N2O/c18-17(9-4-1-5-10-17)13-20-12-14-8-11-19-16-7-3-2-6-15(14)16/h2-3,6-8,11H,1,4-5,9-10,12-13,18H2. The highest BCUT2D eigenvalue weighted by Crippen LogP contribution is 2.26. The molecule has 0 spiro atoms. The molecule has 0 aliphatic heterocycles. The Morgan fingerprint density at radius 1 is 1.10 bits per heavy atom. The predicted molar refractivity (Wildman–Crippen MR) is 81.4 cm³/mol. The van der Waals surface area contributed by atoms with E-state index in [0.717, 1.165) is 18.4 Å². The maximum absolute atomic E-state index is 6.40. The number of nitrogens with two attached hydrogens (primary N) is 1. The van der Waals surface area contributed by atoms with Crippen LogP contribution in [-0.2, 0) is 11.3 Å². The van der Waals surface area contributed by atoms with Gasteiger partial charge in [-0.3, -0.25) is 4.98 Å². The van der Waals surface area contributed by atoms with Gasteiger partial charge in [-0.15, -0.1) is 0 Å². The van der Waals surface area contributed by atoms with Crippen LogP contribution in [0.5, 0.6) is 0 Å². The zero-order valence-corrected chi connectivity index (χ0v) is 11.8. The summed E-state index contributed by atoms with van der Waals surface area (Å²) in [4.78, 5) is 4.37. The first kappa shape index (κ1) is 13.5. The maximum Gasteiger partial charge on any atom is 0.0724 e. The normalized spacial score (nSPS) is 18.2. The Hall–Kier alpha value is -1.45. The summed E-state index contributed by atoms with van der Waals surface area (Å²) in [5, 5.41) is 1.17. The molecule has 3 rings (SSSR count). The van der Waals surface area contributed by atoms with Crippen LogP contribution >= 0.6 is 0 Å². The highest BCUT2D eigenvalue weighted by Gasteiger charge is 2.27. The second-order valence-electron chi connectivity index (χ2n) is 5.90. The molecule has 0 radical (unpaired) electrons. The van der Waals surface area contributed by atoms with Crippen LogP contribution in [0.3, 0.4) is 0 Å². The van der Waals surface area contributed by atoms with E-state index >= 15 is 0 Å². The van der Waals surface area contributed by atoms with Crippen molar-refractivity contribution >= 4 is 10.9 Å². The van der Waals surface area contributed by atoms with Crippen molar-refractivity contribution in [2.75, 3.05) is 6.61 Å². The van der Waals surface area contributed by atoms with Gasteiger partial charge in [-0.1, -0.05) is 37.5 Å². The van der Waals surface area contributed by atoms with Gasteiger partial charge in [-0.05, 0) is 30.5 Å². The van der Waals surface area contributed by atoms with Crippen molar-refractivity contribution in [2.24, 2.45) is 5.73 Å². The van der Waals surface area contributed by atoms with Gasteiger partial charge in [0.05, 0.1) is 18.7 Å². The van der Waals surface area contributed by atoms with Crippen LogP contribution in [0.1, 0.15) is 37.7 Å². The minimum absolute atomic E-state index is 0.110. The molecule has 1 fully saturated rings. The number of rotatable bonds is 4. The SMILES string of the molecule is NC1(COCc2ccnc3ccccc23)CCCCC1. The second-order valence-corrected chi connectivity index (χ2v) is 5.90. The number of benzene rings is 1. The van der Waals surface area contributed by atoms with E-state index in [1.54, 1.807) is 0 Å². The van der Waals surface area contributed by atoms with Crippen molar-refractivity contribution in [2.45, 2.75) is 44.2 Å². The minimum atomic E-state index is -0.110. The molecule has 3 nitrogen and oxygen atoms in total. The lowest BCUT2D eigenvalue weighted by atomic mass is 9.83. The van der Waals surface area contributed by atoms with Crippen LogP contribution in [-0.4, -0.2) is 17.1 Å². The van der Waals surface area contributed by atoms with Gasteiger partial charge >= 0.3 is 0 Å². The lowest BCUT2D eigenvalue weighted by molar-refractivity contribution is 0.0580. The molecule has 2 aromatic rings. The highest BCUT2D eigenvalue weighted by atomic mass is 16.5. The topological polar surface area (TPSA) is 48.1 Å². The number of hydrogen-bond acceptors (Lipinski definition) is 3. The van der Waals surface area contributed by atoms with E-state index in [1.165, 1.54) is 30.2 Å². The Kier molecular flexibility index (Phi) is 3.99. The van der Waals surface area contributed by atoms with Crippen molar-refractivity contribution in [1.82, 2.24) is 4.98 Å². The molecule has 0 unspecified atom stereocenters. The van der Waals surface area contributed by atoms with Crippen molar-refractivity contribution in [3.05, 3.63) is 42.1 Å². The first-order valence-electron chi connectivity index (χ1n) is 7.46. The minimum Gasteiger partial charge on any atom is -0.375 e. The average molecular weight is 270 g/mol. The fourth-order valence-corrected chi connectivity index (χ4v) is 3.05. The van der Waals surface area contributed by atoms with E-state index in [1.807, 2.05) is 30.5 Å². The summed E-state index contributed by atoms with van der Waals surface area (Å²) in [5.74, 6) is 0. The van der Waals surface area contributed by atoms with E-state index in [9.17, 15) is 0 Å². The molecule has 3 heteroatoms. The van der Waals surface area contributed by atoms with E-state index in [4.69, 9.17) is 10.5 Å². The number of aromatic nitrogens is 1. The lowest BCUT2D eigenvalue weighted by Crippen LogP contribution is -2.46. The van der Waals surface area contributed by atoms with Crippen molar-refractivity contribution in [3.8, 4) is 0 Å². The Balaban J connectivity index is 1.65. The van der Waals surface area contributed by atoms with Crippen molar-refractivity contribution < 1.29 is 4.74 Å². The molecule has 1 heterocycles. The van der Waals surface area contributed by atoms with E-state index in [2.05, 4.69) is 11.1 Å². The number of para-hydroxylation sites is 1. The molecule has 0 bridgehead atoms. The summed E-state index contributed by atoms with van der Waals surface area (Å²) >= 11 is 0. The molecule has 0 saturated heterocycles. The zero-order valence-electron chi connectivity index (χ0n) is 11.8. The van der Waals surface area contributed by atoms with Gasteiger partial charge in [0.15, 0.2) is 0 Å². The van der Waals surface area contributed by atoms with Crippen LogP contribution < -0.4 is 5.73 Å². The zero-order chi connectivity index (χ0) is 13.8. The van der Waals surface area contributed by atoms with Gasteiger partial charge in [0.25, 0.3) is 0 Å². The fourth-order valence-electron chi connectivity index (χ4n) is 3.05. The van der Waals surface area contributed by atoms with Crippen LogP contribution in [0.15, 0.2) is 36.5 Å². The lowest BCUT2D eigenvalue weighted by Gasteiger charge is -2.33. The molecule has 0 atom stereocenters. The summed E-state index contributed by atoms with van der Waals surface area (Å²) in [6.45, 7) is 1.27. The second kappa shape index (κ2) is 5.90. The van der Waals surface area contributed by atoms with E-state index in [-0.39, 0.29) is 5.54 Å². The first-order valence-corrected chi connectivity index (χ1v) is 7.46. The molecular formula is C17H22N2O. The highest BCUT2D eigenvalue weighted by molar-refractivity contribution is 5.81. The Morgan fingerprint density at radius 3 is 2.75 bits per heavy atom. The van der Waals surface area contributed by atoms with Crippen LogP contribution in [0.2, 0.25) is 0 Å². The molecule has 1 aromatic carbocycles. The average Bonchev–Trinajstić information content (AvgIpc) is 2.48. The van der Waals surface area contributed by atoms with Gasteiger partial charge < -0.3 is 10.5 Å². The summed E-state index contributed by atoms with van der Waals surface area (Å²) in [6, 6.07) is 10.2. The van der Waals surface area contributed by atoms with E-state index in [0.29, 0.717) is 13.2 Å². The Bertz CT molecular complexity index is 571. The number of nitrogens with zero attached hydrogens (tertiary/aromatic N) is 1. The first-order chi connectivity index (χ1) is 9.77. The van der Waals surface area contributed by atoms with Crippen LogP contribution in [0.25, 0.3) is 10.9 Å². The third-order valence-electron chi connectivity index (χ3n) is 4.24. The molecule has 1 aromatic heterocycles. The Labute approximate surface area is 120 Å². The molecule has 0 amide bonds. The summed E-state index contributed by atoms with van der Waals surface area (Å²) in [6.07, 6.45) is 7.80. The summed E-state index contributed by atoms with van der Waals surface area (Å²) in [5.41, 5.74) is 8.50. The number of pyridine rings is 1. The van der Waals surface area contributed by atoms with Crippen LogP contribution in [0.4, 0.5) is 0 Å². The van der Waals surface area contributed by atoms with Gasteiger partial charge in [-0.2, -0.15) is 0 Å². The fraction of sp³-hybridized carbons (Fsp3) is 0.471. The van der Waals surface area contributed by atoms with Gasteiger partial charge in [0.2, 0.25) is 0 Å².